The number of rotatable bonds is 3. The van der Waals surface area contributed by atoms with E-state index in [0.29, 0.717) is 0 Å². The number of hydrogen-bond donors (Lipinski definition) is 0. The minimum atomic E-state index is -0.555. The van der Waals surface area contributed by atoms with Crippen molar-refractivity contribution in [3.05, 3.63) is 63.7 Å². The Morgan fingerprint density at radius 3 is 2.67 bits per heavy atom. The standard InChI is InChI=1S/C19H21N5O2S/c1-13-4-9-17-16(12-13)19(22(2)3)18(10-11-27-17)20-21-23(19)14-5-7-15(8-6-14)24(25)26/h4-9,12,18H,10-11H2,1-3H3. The Morgan fingerprint density at radius 1 is 1.26 bits per heavy atom. The highest BCUT2D eigenvalue weighted by atomic mass is 32.2. The highest BCUT2D eigenvalue weighted by Crippen LogP contribution is 2.50. The van der Waals surface area contributed by atoms with Crippen LogP contribution in [0.5, 0.6) is 0 Å². The van der Waals surface area contributed by atoms with Crippen LogP contribution in [0, 0.1) is 17.0 Å². The van der Waals surface area contributed by atoms with Crippen LogP contribution in [-0.2, 0) is 5.66 Å². The highest BCUT2D eigenvalue weighted by Gasteiger charge is 2.54. The zero-order valence-corrected chi connectivity index (χ0v) is 16.3. The van der Waals surface area contributed by atoms with E-state index in [2.05, 4.69) is 40.4 Å². The van der Waals surface area contributed by atoms with Crippen molar-refractivity contribution in [3.63, 3.8) is 0 Å². The molecule has 0 radical (unpaired) electrons. The lowest BCUT2D eigenvalue weighted by atomic mass is 9.87. The first-order chi connectivity index (χ1) is 12.9. The number of anilines is 1. The number of non-ortho nitro benzene ring substituents is 1. The van der Waals surface area contributed by atoms with E-state index in [0.717, 1.165) is 17.9 Å². The number of benzene rings is 2. The molecule has 140 valence electrons. The van der Waals surface area contributed by atoms with Gasteiger partial charge in [-0.25, -0.2) is 5.01 Å². The lowest BCUT2D eigenvalue weighted by Crippen LogP contribution is -2.57. The maximum absolute atomic E-state index is 11.0. The summed E-state index contributed by atoms with van der Waals surface area (Å²) in [6.07, 6.45) is 0.906. The van der Waals surface area contributed by atoms with E-state index in [1.807, 2.05) is 30.9 Å². The molecule has 2 heterocycles. The molecule has 0 saturated carbocycles. The van der Waals surface area contributed by atoms with Gasteiger partial charge in [0.15, 0.2) is 5.66 Å². The minimum absolute atomic E-state index is 0.0155. The van der Waals surface area contributed by atoms with Gasteiger partial charge in [-0.3, -0.25) is 15.0 Å². The van der Waals surface area contributed by atoms with Gasteiger partial charge >= 0.3 is 0 Å². The first-order valence-corrected chi connectivity index (χ1v) is 9.80. The quantitative estimate of drug-likeness (QED) is 0.581. The Labute approximate surface area is 162 Å². The number of thioether (sulfide) groups is 1. The summed E-state index contributed by atoms with van der Waals surface area (Å²) in [5.74, 6) is 0.976. The Kier molecular flexibility index (Phi) is 4.39. The maximum atomic E-state index is 11.0. The van der Waals surface area contributed by atoms with Crippen molar-refractivity contribution in [1.82, 2.24) is 4.90 Å². The molecule has 2 atom stereocenters. The highest BCUT2D eigenvalue weighted by molar-refractivity contribution is 7.99. The second-order valence-electron chi connectivity index (χ2n) is 7.06. The number of nitro groups is 1. The molecule has 8 heteroatoms. The summed E-state index contributed by atoms with van der Waals surface area (Å²) in [4.78, 5) is 14.0. The molecular weight excluding hydrogens is 362 g/mol. The number of likely N-dealkylation sites (N-methyl/N-ethyl adjacent to an activating group) is 1. The smallest absolute Gasteiger partial charge is 0.269 e. The summed E-state index contributed by atoms with van der Waals surface area (Å²) in [6.45, 7) is 2.09. The van der Waals surface area contributed by atoms with Crippen LogP contribution in [0.4, 0.5) is 11.4 Å². The first-order valence-electron chi connectivity index (χ1n) is 8.81. The third-order valence-electron chi connectivity index (χ3n) is 5.24. The van der Waals surface area contributed by atoms with Gasteiger partial charge in [0, 0.05) is 28.3 Å². The van der Waals surface area contributed by atoms with E-state index in [9.17, 15) is 10.1 Å². The molecule has 0 spiro atoms. The molecule has 2 aliphatic heterocycles. The Hall–Kier alpha value is -2.45. The summed E-state index contributed by atoms with van der Waals surface area (Å²) in [5, 5.41) is 22.1. The van der Waals surface area contributed by atoms with Gasteiger partial charge in [0.05, 0.1) is 10.6 Å². The van der Waals surface area contributed by atoms with Crippen molar-refractivity contribution in [2.24, 2.45) is 10.3 Å². The predicted octanol–water partition coefficient (Wildman–Crippen LogP) is 4.37. The van der Waals surface area contributed by atoms with E-state index in [-0.39, 0.29) is 16.7 Å². The fourth-order valence-electron chi connectivity index (χ4n) is 3.99. The first kappa shape index (κ1) is 17.9. The molecule has 0 aromatic heterocycles. The van der Waals surface area contributed by atoms with Gasteiger partial charge in [0.25, 0.3) is 5.69 Å². The summed E-state index contributed by atoms with van der Waals surface area (Å²) >= 11 is 1.85. The third kappa shape index (κ3) is 2.71. The van der Waals surface area contributed by atoms with Gasteiger partial charge in [-0.2, -0.15) is 5.11 Å². The zero-order chi connectivity index (χ0) is 19.2. The SMILES string of the molecule is Cc1ccc2c(c1)C1(N(C)C)C(CCS2)N=NN1c1ccc([N+](=O)[O-])cc1. The van der Waals surface area contributed by atoms with Crippen LogP contribution >= 0.6 is 11.8 Å². The number of aryl methyl sites for hydroxylation is 1. The molecule has 27 heavy (non-hydrogen) atoms. The molecule has 0 saturated heterocycles. The van der Waals surface area contributed by atoms with Gasteiger partial charge in [0.1, 0.15) is 6.04 Å². The van der Waals surface area contributed by atoms with Crippen LogP contribution in [-0.4, -0.2) is 35.7 Å². The monoisotopic (exact) mass is 383 g/mol. The zero-order valence-electron chi connectivity index (χ0n) is 15.5. The largest absolute Gasteiger partial charge is 0.280 e. The Balaban J connectivity index is 1.90. The molecule has 4 rings (SSSR count). The fraction of sp³-hybridized carbons (Fsp3) is 0.368. The minimum Gasteiger partial charge on any atom is -0.280 e. The molecule has 0 N–H and O–H groups in total. The second kappa shape index (κ2) is 6.61. The van der Waals surface area contributed by atoms with Crippen LogP contribution < -0.4 is 5.01 Å². The summed E-state index contributed by atoms with van der Waals surface area (Å²) in [6, 6.07) is 13.0. The second-order valence-corrected chi connectivity index (χ2v) is 8.20. The summed E-state index contributed by atoms with van der Waals surface area (Å²) in [7, 11) is 4.09. The number of nitrogens with zero attached hydrogens (tertiary/aromatic N) is 5. The molecule has 2 aromatic carbocycles. The lowest BCUT2D eigenvalue weighted by molar-refractivity contribution is -0.384. The Bertz CT molecular complexity index is 915. The summed E-state index contributed by atoms with van der Waals surface area (Å²) < 4.78 is 0. The molecule has 2 aromatic rings. The third-order valence-corrected chi connectivity index (χ3v) is 6.34. The van der Waals surface area contributed by atoms with Crippen molar-refractivity contribution in [1.29, 1.82) is 0 Å². The molecule has 0 bridgehead atoms. The molecule has 0 amide bonds. The predicted molar refractivity (Wildman–Crippen MR) is 106 cm³/mol. The fourth-order valence-corrected chi connectivity index (χ4v) is 5.08. The van der Waals surface area contributed by atoms with Gasteiger partial charge in [-0.05, 0) is 45.6 Å². The van der Waals surface area contributed by atoms with Crippen LogP contribution in [0.2, 0.25) is 0 Å². The molecule has 0 fully saturated rings. The topological polar surface area (TPSA) is 74.3 Å². The molecule has 0 aliphatic carbocycles. The van der Waals surface area contributed by atoms with Gasteiger partial charge in [0.2, 0.25) is 0 Å². The number of fused-ring (bicyclic) bond motifs is 3. The van der Waals surface area contributed by atoms with Gasteiger partial charge in [-0.15, -0.1) is 11.8 Å². The maximum Gasteiger partial charge on any atom is 0.269 e. The van der Waals surface area contributed by atoms with Crippen LogP contribution in [0.1, 0.15) is 17.5 Å². The van der Waals surface area contributed by atoms with Crippen molar-refractivity contribution in [3.8, 4) is 0 Å². The van der Waals surface area contributed by atoms with Gasteiger partial charge in [-0.1, -0.05) is 22.9 Å². The van der Waals surface area contributed by atoms with E-state index in [4.69, 9.17) is 0 Å². The van der Waals surface area contributed by atoms with Crippen LogP contribution in [0.15, 0.2) is 57.7 Å². The van der Waals surface area contributed by atoms with Crippen molar-refractivity contribution >= 4 is 23.1 Å². The van der Waals surface area contributed by atoms with E-state index in [1.54, 1.807) is 12.1 Å². The molecular formula is C19H21N5O2S. The lowest BCUT2D eigenvalue weighted by Gasteiger charge is -2.45. The van der Waals surface area contributed by atoms with Crippen LogP contribution in [0.3, 0.4) is 0 Å². The van der Waals surface area contributed by atoms with Crippen molar-refractivity contribution < 1.29 is 4.92 Å². The van der Waals surface area contributed by atoms with E-state index < -0.39 is 5.66 Å². The molecule has 7 nitrogen and oxygen atoms in total. The molecule has 2 aliphatic rings. The average molecular weight is 383 g/mol. The number of hydrogen-bond acceptors (Lipinski definition) is 7. The molecule has 2 unspecified atom stereocenters. The number of nitro benzene ring substituents is 1. The van der Waals surface area contributed by atoms with Gasteiger partial charge < -0.3 is 0 Å². The van der Waals surface area contributed by atoms with E-state index >= 15 is 0 Å². The average Bonchev–Trinajstić information content (AvgIpc) is 2.95. The Morgan fingerprint density at radius 2 is 2.00 bits per heavy atom. The van der Waals surface area contributed by atoms with Crippen LogP contribution in [0.25, 0.3) is 0 Å². The van der Waals surface area contributed by atoms with Crippen molar-refractivity contribution in [2.45, 2.75) is 29.9 Å². The summed E-state index contributed by atoms with van der Waals surface area (Å²) in [5.41, 5.74) is 2.68. The normalized spacial score (nSPS) is 23.9. The van der Waals surface area contributed by atoms with E-state index in [1.165, 1.54) is 28.2 Å². The van der Waals surface area contributed by atoms with Crippen molar-refractivity contribution in [2.75, 3.05) is 24.9 Å².